The molecule has 0 atom stereocenters. The van der Waals surface area contributed by atoms with Crippen LogP contribution in [0.25, 0.3) is 11.8 Å². The van der Waals surface area contributed by atoms with Crippen molar-refractivity contribution in [2.24, 2.45) is 7.05 Å². The van der Waals surface area contributed by atoms with Gasteiger partial charge < -0.3 is 20.4 Å². The number of hydrogen-bond donors (Lipinski definition) is 3. The average Bonchev–Trinajstić information content (AvgIpc) is 3.63. The van der Waals surface area contributed by atoms with E-state index in [2.05, 4.69) is 16.0 Å². The smallest absolute Gasteiger partial charge is 0.295 e. The Bertz CT molecular complexity index is 1860. The minimum atomic E-state index is -0.537. The topological polar surface area (TPSA) is 127 Å². The first kappa shape index (κ1) is 29.9. The second-order valence-corrected chi connectivity index (χ2v) is 10.7. The fourth-order valence-electron chi connectivity index (χ4n) is 4.33. The van der Waals surface area contributed by atoms with Crippen LogP contribution in [0.15, 0.2) is 123 Å². The number of furan rings is 1. The molecule has 0 aliphatic carbocycles. The van der Waals surface area contributed by atoms with Crippen LogP contribution in [-0.2, 0) is 16.6 Å². The Morgan fingerprint density at radius 3 is 2.20 bits per heavy atom. The van der Waals surface area contributed by atoms with Crippen molar-refractivity contribution in [3.8, 4) is 5.69 Å². The lowest BCUT2D eigenvalue weighted by Crippen LogP contribution is -2.30. The Labute approximate surface area is 257 Å². The third-order valence-electron chi connectivity index (χ3n) is 6.66. The highest BCUT2D eigenvalue weighted by atomic mass is 32.2. The van der Waals surface area contributed by atoms with E-state index in [1.807, 2.05) is 30.3 Å². The van der Waals surface area contributed by atoms with E-state index < -0.39 is 11.8 Å². The van der Waals surface area contributed by atoms with Crippen LogP contribution in [0.3, 0.4) is 0 Å². The second-order valence-electron chi connectivity index (χ2n) is 9.65. The summed E-state index contributed by atoms with van der Waals surface area (Å²) in [6.07, 6.45) is 2.92. The largest absolute Gasteiger partial charge is 0.465 e. The maximum Gasteiger partial charge on any atom is 0.295 e. The molecule has 0 aliphatic heterocycles. The van der Waals surface area contributed by atoms with Crippen LogP contribution in [0.4, 0.5) is 11.4 Å². The summed E-state index contributed by atoms with van der Waals surface area (Å²) >= 11 is 1.29. The van der Waals surface area contributed by atoms with Crippen LogP contribution >= 0.6 is 11.8 Å². The van der Waals surface area contributed by atoms with E-state index in [-0.39, 0.29) is 28.6 Å². The van der Waals surface area contributed by atoms with Crippen LogP contribution in [0.5, 0.6) is 0 Å². The first-order chi connectivity index (χ1) is 21.3. The van der Waals surface area contributed by atoms with E-state index in [9.17, 15) is 19.2 Å². The highest BCUT2D eigenvalue weighted by Gasteiger charge is 2.19. The molecule has 11 heteroatoms. The summed E-state index contributed by atoms with van der Waals surface area (Å²) in [6, 6.07) is 28.0. The van der Waals surface area contributed by atoms with Gasteiger partial charge in [-0.15, -0.1) is 11.8 Å². The van der Waals surface area contributed by atoms with Crippen molar-refractivity contribution < 1.29 is 18.8 Å². The Morgan fingerprint density at radius 1 is 0.864 bits per heavy atom. The highest BCUT2D eigenvalue weighted by molar-refractivity contribution is 8.00. The predicted octanol–water partition coefficient (Wildman–Crippen LogP) is 5.22. The number of amides is 3. The molecule has 3 N–H and O–H groups in total. The maximum absolute atomic E-state index is 13.1. The van der Waals surface area contributed by atoms with Gasteiger partial charge in [0.1, 0.15) is 17.1 Å². The first-order valence-corrected chi connectivity index (χ1v) is 14.6. The highest BCUT2D eigenvalue weighted by Crippen LogP contribution is 2.22. The number of carbonyl (C=O) groups is 3. The number of anilines is 2. The van der Waals surface area contributed by atoms with Gasteiger partial charge >= 0.3 is 0 Å². The zero-order chi connectivity index (χ0) is 31.1. The van der Waals surface area contributed by atoms with Crippen molar-refractivity contribution in [2.45, 2.75) is 11.8 Å². The van der Waals surface area contributed by atoms with E-state index in [1.54, 1.807) is 85.4 Å². The molecule has 5 rings (SSSR count). The van der Waals surface area contributed by atoms with Crippen molar-refractivity contribution in [3.63, 3.8) is 0 Å². The molecule has 2 heterocycles. The molecule has 222 valence electrons. The second kappa shape index (κ2) is 13.6. The summed E-state index contributed by atoms with van der Waals surface area (Å²) < 4.78 is 8.54. The van der Waals surface area contributed by atoms with Crippen molar-refractivity contribution in [1.29, 1.82) is 0 Å². The van der Waals surface area contributed by atoms with Crippen LogP contribution in [0.2, 0.25) is 0 Å². The zero-order valence-electron chi connectivity index (χ0n) is 23.9. The fraction of sp³-hybridized carbons (Fsp3) is 0.0909. The van der Waals surface area contributed by atoms with Crippen molar-refractivity contribution in [3.05, 3.63) is 136 Å². The number of thioether (sulfide) groups is 1. The molecule has 0 unspecified atom stereocenters. The molecule has 10 nitrogen and oxygen atoms in total. The van der Waals surface area contributed by atoms with Gasteiger partial charge in [0.15, 0.2) is 0 Å². The quantitative estimate of drug-likeness (QED) is 0.148. The van der Waals surface area contributed by atoms with E-state index in [0.29, 0.717) is 28.4 Å². The molecule has 0 saturated carbocycles. The number of benzene rings is 3. The number of nitrogens with zero attached hydrogens (tertiary/aromatic N) is 2. The van der Waals surface area contributed by atoms with Gasteiger partial charge in [0.05, 0.1) is 23.4 Å². The minimum Gasteiger partial charge on any atom is -0.465 e. The number of para-hydroxylation sites is 1. The zero-order valence-corrected chi connectivity index (χ0v) is 24.8. The van der Waals surface area contributed by atoms with Crippen molar-refractivity contribution >= 4 is 46.9 Å². The van der Waals surface area contributed by atoms with Gasteiger partial charge in [-0.05, 0) is 67.6 Å². The van der Waals surface area contributed by atoms with E-state index in [0.717, 1.165) is 4.90 Å². The average molecular weight is 608 g/mol. The minimum absolute atomic E-state index is 0.00598. The lowest BCUT2D eigenvalue weighted by molar-refractivity contribution is -0.114. The number of nitrogens with one attached hydrogen (secondary N) is 3. The summed E-state index contributed by atoms with van der Waals surface area (Å²) in [7, 11) is 1.77. The molecule has 44 heavy (non-hydrogen) atoms. The first-order valence-electron chi connectivity index (χ1n) is 13.6. The van der Waals surface area contributed by atoms with Gasteiger partial charge in [0.2, 0.25) is 5.91 Å². The summed E-state index contributed by atoms with van der Waals surface area (Å²) in [4.78, 5) is 52.5. The molecular formula is C33H29N5O5S. The van der Waals surface area contributed by atoms with Gasteiger partial charge in [0.25, 0.3) is 17.4 Å². The SMILES string of the molecule is Cc1c(NC(=O)CSc2ccc(NC(=O)/C(=C/c3ccco3)NC(=O)c3ccccc3)cc2)c(=O)n(-c2ccccc2)n1C. The molecule has 0 saturated heterocycles. The van der Waals surface area contributed by atoms with E-state index in [1.165, 1.54) is 28.8 Å². The molecule has 0 radical (unpaired) electrons. The van der Waals surface area contributed by atoms with Crippen molar-refractivity contribution in [2.75, 3.05) is 16.4 Å². The molecule has 5 aromatic rings. The molecule has 0 fully saturated rings. The van der Waals surface area contributed by atoms with Gasteiger partial charge in [-0.25, -0.2) is 4.68 Å². The van der Waals surface area contributed by atoms with E-state index in [4.69, 9.17) is 4.42 Å². The molecule has 3 amide bonds. The van der Waals surface area contributed by atoms with Crippen molar-refractivity contribution in [1.82, 2.24) is 14.7 Å². The lowest BCUT2D eigenvalue weighted by atomic mass is 10.2. The molecular weight excluding hydrogens is 578 g/mol. The summed E-state index contributed by atoms with van der Waals surface area (Å²) in [6.45, 7) is 1.78. The van der Waals surface area contributed by atoms with Crippen LogP contribution in [-0.4, -0.2) is 32.8 Å². The molecule has 0 spiro atoms. The lowest BCUT2D eigenvalue weighted by Gasteiger charge is -2.11. The molecule has 0 bridgehead atoms. The van der Waals surface area contributed by atoms with E-state index >= 15 is 0 Å². The number of hydrogen-bond acceptors (Lipinski definition) is 6. The third-order valence-corrected chi connectivity index (χ3v) is 7.67. The van der Waals surface area contributed by atoms with Gasteiger partial charge in [0, 0.05) is 29.3 Å². The Kier molecular flexibility index (Phi) is 9.26. The van der Waals surface area contributed by atoms with Gasteiger partial charge in [-0.3, -0.25) is 23.9 Å². The van der Waals surface area contributed by atoms with Crippen LogP contribution < -0.4 is 21.5 Å². The third kappa shape index (κ3) is 7.08. The maximum atomic E-state index is 13.1. The Morgan fingerprint density at radius 2 is 1.55 bits per heavy atom. The Balaban J connectivity index is 1.20. The fourth-order valence-corrected chi connectivity index (χ4v) is 5.03. The van der Waals surface area contributed by atoms with Crippen LogP contribution in [0.1, 0.15) is 21.8 Å². The van der Waals surface area contributed by atoms with Gasteiger partial charge in [-0.2, -0.15) is 0 Å². The molecule has 3 aromatic carbocycles. The summed E-state index contributed by atoms with van der Waals surface area (Å²) in [5.74, 6) is -0.816. The van der Waals surface area contributed by atoms with Crippen LogP contribution in [0, 0.1) is 6.92 Å². The standard InChI is InChI=1S/C33H29N5O5S/c1-22-30(33(42)38(37(22)2)25-12-7-4-8-13-25)36-29(39)21-44-27-17-15-24(16-18-27)34-32(41)28(20-26-14-9-19-43-26)35-31(40)23-10-5-3-6-11-23/h3-20H,21H2,1-2H3,(H,34,41)(H,35,40)(H,36,39)/b28-20-. The Hall–Kier alpha value is -5.55. The summed E-state index contributed by atoms with van der Waals surface area (Å²) in [5.41, 5.74) is 2.16. The number of rotatable bonds is 10. The van der Waals surface area contributed by atoms with Gasteiger partial charge in [-0.1, -0.05) is 36.4 Å². The normalized spacial score (nSPS) is 11.2. The molecule has 2 aromatic heterocycles. The molecule has 0 aliphatic rings. The predicted molar refractivity (Wildman–Crippen MR) is 171 cm³/mol. The monoisotopic (exact) mass is 607 g/mol. The number of carbonyl (C=O) groups excluding carboxylic acids is 3. The summed E-state index contributed by atoms with van der Waals surface area (Å²) in [5, 5.41) is 8.19. The number of aromatic nitrogens is 2.